The molecule has 0 amide bonds. The fraction of sp³-hybridized carbons (Fsp3) is 0.700. The monoisotopic (exact) mass is 197 g/mol. The van der Waals surface area contributed by atoms with Gasteiger partial charge in [-0.05, 0) is 26.0 Å². The highest BCUT2D eigenvalue weighted by Gasteiger charge is 1.98. The van der Waals surface area contributed by atoms with Crippen molar-refractivity contribution in [2.24, 2.45) is 0 Å². The van der Waals surface area contributed by atoms with Gasteiger partial charge in [-0.25, -0.2) is 0 Å². The normalized spacial score (nSPS) is 13.0. The molecule has 0 spiro atoms. The van der Waals surface area contributed by atoms with Crippen LogP contribution in [0, 0.1) is 0 Å². The third-order valence-electron chi connectivity index (χ3n) is 2.03. The van der Waals surface area contributed by atoms with Gasteiger partial charge in [0.2, 0.25) is 0 Å². The van der Waals surface area contributed by atoms with E-state index in [-0.39, 0.29) is 0 Å². The van der Waals surface area contributed by atoms with Gasteiger partial charge in [-0.2, -0.15) is 5.10 Å². The quantitative estimate of drug-likeness (QED) is 0.660. The number of aromatic nitrogens is 2. The zero-order valence-electron chi connectivity index (χ0n) is 8.94. The molecule has 4 heteroatoms. The van der Waals surface area contributed by atoms with E-state index in [4.69, 9.17) is 4.74 Å². The number of nitrogens with zero attached hydrogens (tertiary/aromatic N) is 2. The van der Waals surface area contributed by atoms with Gasteiger partial charge in [0.1, 0.15) is 0 Å². The van der Waals surface area contributed by atoms with Crippen molar-refractivity contribution in [1.82, 2.24) is 15.1 Å². The first-order valence-corrected chi connectivity index (χ1v) is 5.02. The summed E-state index contributed by atoms with van der Waals surface area (Å²) in [6.45, 7) is 4.86. The van der Waals surface area contributed by atoms with Crippen molar-refractivity contribution in [3.63, 3.8) is 0 Å². The second kappa shape index (κ2) is 6.56. The lowest BCUT2D eigenvalue weighted by Crippen LogP contribution is -2.31. The highest BCUT2D eigenvalue weighted by Crippen LogP contribution is 1.89. The average molecular weight is 197 g/mol. The summed E-state index contributed by atoms with van der Waals surface area (Å²) in [5.41, 5.74) is 0. The zero-order valence-corrected chi connectivity index (χ0v) is 8.94. The van der Waals surface area contributed by atoms with Gasteiger partial charge in [0.15, 0.2) is 0 Å². The highest BCUT2D eigenvalue weighted by molar-refractivity contribution is 4.77. The smallest absolute Gasteiger partial charge is 0.0613 e. The van der Waals surface area contributed by atoms with Gasteiger partial charge in [-0.1, -0.05) is 0 Å². The molecule has 0 bridgehead atoms. The molecule has 14 heavy (non-hydrogen) atoms. The molecule has 0 aliphatic heterocycles. The summed E-state index contributed by atoms with van der Waals surface area (Å²) in [5.74, 6) is 0. The van der Waals surface area contributed by atoms with E-state index in [1.165, 1.54) is 0 Å². The number of hydrogen-bond acceptors (Lipinski definition) is 3. The molecule has 1 heterocycles. The van der Waals surface area contributed by atoms with Gasteiger partial charge in [0, 0.05) is 32.1 Å². The molecule has 0 aromatic carbocycles. The summed E-state index contributed by atoms with van der Waals surface area (Å²) >= 11 is 0. The Morgan fingerprint density at radius 3 is 3.07 bits per heavy atom. The van der Waals surface area contributed by atoms with Gasteiger partial charge in [0.05, 0.1) is 6.61 Å². The van der Waals surface area contributed by atoms with Crippen molar-refractivity contribution >= 4 is 0 Å². The molecule has 1 N–H and O–H groups in total. The fourth-order valence-corrected chi connectivity index (χ4v) is 1.33. The molecule has 0 fully saturated rings. The van der Waals surface area contributed by atoms with Crippen LogP contribution in [0.3, 0.4) is 0 Å². The molecule has 1 atom stereocenters. The van der Waals surface area contributed by atoms with E-state index >= 15 is 0 Å². The van der Waals surface area contributed by atoms with Gasteiger partial charge < -0.3 is 10.1 Å². The van der Waals surface area contributed by atoms with Crippen LogP contribution in [0.4, 0.5) is 0 Å². The van der Waals surface area contributed by atoms with Crippen LogP contribution in [-0.2, 0) is 11.3 Å². The SMILES string of the molecule is COCC(C)NCCCn1cccn1. The van der Waals surface area contributed by atoms with Gasteiger partial charge in [0.25, 0.3) is 0 Å². The Bertz CT molecular complexity index is 223. The molecule has 0 aliphatic rings. The number of hydrogen-bond donors (Lipinski definition) is 1. The minimum Gasteiger partial charge on any atom is -0.383 e. The summed E-state index contributed by atoms with van der Waals surface area (Å²) in [6.07, 6.45) is 4.88. The van der Waals surface area contributed by atoms with E-state index in [9.17, 15) is 0 Å². The van der Waals surface area contributed by atoms with Crippen LogP contribution in [0.15, 0.2) is 18.5 Å². The first-order valence-electron chi connectivity index (χ1n) is 5.02. The Kier molecular flexibility index (Phi) is 5.25. The van der Waals surface area contributed by atoms with Gasteiger partial charge in [-0.3, -0.25) is 4.68 Å². The van der Waals surface area contributed by atoms with E-state index in [1.54, 1.807) is 13.3 Å². The third-order valence-corrected chi connectivity index (χ3v) is 2.03. The highest BCUT2D eigenvalue weighted by atomic mass is 16.5. The Morgan fingerprint density at radius 2 is 2.43 bits per heavy atom. The van der Waals surface area contributed by atoms with Crippen LogP contribution in [-0.4, -0.2) is 36.1 Å². The zero-order chi connectivity index (χ0) is 10.2. The van der Waals surface area contributed by atoms with Crippen LogP contribution in [0.2, 0.25) is 0 Å². The molecule has 0 saturated heterocycles. The van der Waals surface area contributed by atoms with Gasteiger partial charge in [-0.15, -0.1) is 0 Å². The predicted octanol–water partition coefficient (Wildman–Crippen LogP) is 0.898. The number of methoxy groups -OCH3 is 1. The summed E-state index contributed by atoms with van der Waals surface area (Å²) in [7, 11) is 1.72. The molecule has 1 aromatic rings. The Hall–Kier alpha value is -0.870. The van der Waals surface area contributed by atoms with Crippen molar-refractivity contribution < 1.29 is 4.74 Å². The van der Waals surface area contributed by atoms with E-state index in [2.05, 4.69) is 17.3 Å². The van der Waals surface area contributed by atoms with Crippen LogP contribution >= 0.6 is 0 Å². The number of nitrogens with one attached hydrogen (secondary N) is 1. The molecule has 0 saturated carbocycles. The van der Waals surface area contributed by atoms with Crippen molar-refractivity contribution in [1.29, 1.82) is 0 Å². The van der Waals surface area contributed by atoms with E-state index in [0.29, 0.717) is 6.04 Å². The maximum absolute atomic E-state index is 5.03. The van der Waals surface area contributed by atoms with Crippen LogP contribution in [0.25, 0.3) is 0 Å². The summed E-state index contributed by atoms with van der Waals surface area (Å²) in [6, 6.07) is 2.37. The number of ether oxygens (including phenoxy) is 1. The van der Waals surface area contributed by atoms with E-state index in [1.807, 2.05) is 16.9 Å². The fourth-order valence-electron chi connectivity index (χ4n) is 1.33. The van der Waals surface area contributed by atoms with Crippen molar-refractivity contribution in [2.75, 3.05) is 20.3 Å². The summed E-state index contributed by atoms with van der Waals surface area (Å²) in [5, 5.41) is 7.51. The van der Waals surface area contributed by atoms with E-state index in [0.717, 1.165) is 26.1 Å². The lowest BCUT2D eigenvalue weighted by atomic mass is 10.3. The van der Waals surface area contributed by atoms with E-state index < -0.39 is 0 Å². The molecule has 1 unspecified atom stereocenters. The second-order valence-electron chi connectivity index (χ2n) is 3.43. The Balaban J connectivity index is 1.99. The predicted molar refractivity (Wildman–Crippen MR) is 56.2 cm³/mol. The number of aryl methyl sites for hydroxylation is 1. The third kappa shape index (κ3) is 4.39. The topological polar surface area (TPSA) is 39.1 Å². The summed E-state index contributed by atoms with van der Waals surface area (Å²) < 4.78 is 6.97. The molecule has 4 nitrogen and oxygen atoms in total. The Morgan fingerprint density at radius 1 is 1.57 bits per heavy atom. The molecule has 1 rings (SSSR count). The van der Waals surface area contributed by atoms with Crippen LogP contribution < -0.4 is 5.32 Å². The van der Waals surface area contributed by atoms with Crippen molar-refractivity contribution in [3.05, 3.63) is 18.5 Å². The minimum absolute atomic E-state index is 0.428. The lowest BCUT2D eigenvalue weighted by Gasteiger charge is -2.12. The molecular formula is C10H19N3O. The van der Waals surface area contributed by atoms with Crippen molar-refractivity contribution in [2.45, 2.75) is 25.9 Å². The molecular weight excluding hydrogens is 178 g/mol. The first kappa shape index (κ1) is 11.2. The maximum Gasteiger partial charge on any atom is 0.0613 e. The van der Waals surface area contributed by atoms with Crippen molar-refractivity contribution in [3.8, 4) is 0 Å². The molecule has 0 aliphatic carbocycles. The summed E-state index contributed by atoms with van der Waals surface area (Å²) in [4.78, 5) is 0. The maximum atomic E-state index is 5.03. The van der Waals surface area contributed by atoms with Crippen LogP contribution in [0.1, 0.15) is 13.3 Å². The lowest BCUT2D eigenvalue weighted by molar-refractivity contribution is 0.172. The molecule has 0 radical (unpaired) electrons. The second-order valence-corrected chi connectivity index (χ2v) is 3.43. The molecule has 1 aromatic heterocycles. The Labute approximate surface area is 85.3 Å². The van der Waals surface area contributed by atoms with Gasteiger partial charge >= 0.3 is 0 Å². The minimum atomic E-state index is 0.428. The first-order chi connectivity index (χ1) is 6.83. The standard InChI is InChI=1S/C10H19N3O/c1-10(9-14-2)11-5-3-7-13-8-4-6-12-13/h4,6,8,10-11H,3,5,7,9H2,1-2H3. The average Bonchev–Trinajstić information content (AvgIpc) is 2.65. The largest absolute Gasteiger partial charge is 0.383 e. The number of rotatable bonds is 7. The van der Waals surface area contributed by atoms with Crippen LogP contribution in [0.5, 0.6) is 0 Å². The molecule has 80 valence electrons.